The Bertz CT molecular complexity index is 1050. The third-order valence-electron chi connectivity index (χ3n) is 4.13. The van der Waals surface area contributed by atoms with E-state index >= 15 is 0 Å². The number of halogens is 1. The number of nitrogens with one attached hydrogen (secondary N) is 1. The van der Waals surface area contributed by atoms with Crippen molar-refractivity contribution in [3.8, 4) is 5.75 Å². The summed E-state index contributed by atoms with van der Waals surface area (Å²) in [5.41, 5.74) is 0.0389. The van der Waals surface area contributed by atoms with Gasteiger partial charge in [-0.05, 0) is 42.5 Å². The van der Waals surface area contributed by atoms with Gasteiger partial charge in [-0.2, -0.15) is 4.31 Å². The normalized spacial score (nSPS) is 15.9. The average Bonchev–Trinajstić information content (AvgIpc) is 2.68. The van der Waals surface area contributed by atoms with Crippen molar-refractivity contribution in [2.24, 2.45) is 0 Å². The van der Waals surface area contributed by atoms with Crippen molar-refractivity contribution >= 4 is 25.7 Å². The molecule has 0 aromatic heterocycles. The number of rotatable bonds is 6. The Morgan fingerprint density at radius 2 is 1.68 bits per heavy atom. The van der Waals surface area contributed by atoms with Crippen LogP contribution in [0.4, 0.5) is 10.1 Å². The largest absolute Gasteiger partial charge is 0.495 e. The topological polar surface area (TPSA) is 102 Å². The van der Waals surface area contributed by atoms with Crippen LogP contribution in [-0.4, -0.2) is 54.6 Å². The van der Waals surface area contributed by atoms with E-state index in [9.17, 15) is 21.2 Å². The molecule has 1 N–H and O–H groups in total. The van der Waals surface area contributed by atoms with Gasteiger partial charge in [-0.1, -0.05) is 0 Å². The van der Waals surface area contributed by atoms with Crippen molar-refractivity contribution in [2.45, 2.75) is 9.79 Å². The second kappa shape index (κ2) is 8.03. The zero-order valence-corrected chi connectivity index (χ0v) is 16.6. The number of sulfonamides is 2. The van der Waals surface area contributed by atoms with Crippen LogP contribution < -0.4 is 9.46 Å². The fourth-order valence-electron chi connectivity index (χ4n) is 2.70. The van der Waals surface area contributed by atoms with Crippen molar-refractivity contribution in [2.75, 3.05) is 38.1 Å². The lowest BCUT2D eigenvalue weighted by Gasteiger charge is -2.26. The average molecular weight is 430 g/mol. The molecule has 0 radical (unpaired) electrons. The summed E-state index contributed by atoms with van der Waals surface area (Å²) < 4.78 is 77.8. The van der Waals surface area contributed by atoms with Crippen LogP contribution in [-0.2, 0) is 24.8 Å². The van der Waals surface area contributed by atoms with Gasteiger partial charge in [0.05, 0.1) is 30.9 Å². The maximum absolute atomic E-state index is 13.0. The number of methoxy groups -OCH3 is 1. The molecule has 2 aromatic rings. The van der Waals surface area contributed by atoms with E-state index in [4.69, 9.17) is 9.47 Å². The lowest BCUT2D eigenvalue weighted by molar-refractivity contribution is 0.0729. The van der Waals surface area contributed by atoms with Crippen LogP contribution in [0.1, 0.15) is 0 Å². The third kappa shape index (κ3) is 4.27. The number of anilines is 1. The molecule has 0 unspecified atom stereocenters. The molecular formula is C17H19FN2O6S2. The van der Waals surface area contributed by atoms with Crippen molar-refractivity contribution in [3.05, 3.63) is 48.3 Å². The molecule has 1 fully saturated rings. The molecule has 11 heteroatoms. The van der Waals surface area contributed by atoms with Gasteiger partial charge in [0.2, 0.25) is 10.0 Å². The maximum Gasteiger partial charge on any atom is 0.261 e. The molecule has 28 heavy (non-hydrogen) atoms. The number of nitrogens with zero attached hydrogens (tertiary/aromatic N) is 1. The highest BCUT2D eigenvalue weighted by atomic mass is 32.2. The molecule has 1 saturated heterocycles. The van der Waals surface area contributed by atoms with E-state index in [1.165, 1.54) is 29.6 Å². The standard InChI is InChI=1S/C17H19FN2O6S2/c1-25-16-7-4-14(19-27(21,22)15-5-2-13(18)3-6-15)12-17(16)28(23,24)20-8-10-26-11-9-20/h2-7,12,19H,8-11H2,1H3. The summed E-state index contributed by atoms with van der Waals surface area (Å²) in [5, 5.41) is 0. The summed E-state index contributed by atoms with van der Waals surface area (Å²) in [5.74, 6) is -0.474. The Morgan fingerprint density at radius 3 is 2.29 bits per heavy atom. The molecule has 0 spiro atoms. The van der Waals surface area contributed by atoms with E-state index in [1.54, 1.807) is 0 Å². The summed E-state index contributed by atoms with van der Waals surface area (Å²) in [4.78, 5) is -0.307. The molecule has 1 aliphatic heterocycles. The minimum Gasteiger partial charge on any atom is -0.495 e. The molecule has 152 valence electrons. The van der Waals surface area contributed by atoms with Gasteiger partial charge in [0.25, 0.3) is 10.0 Å². The Morgan fingerprint density at radius 1 is 1.04 bits per heavy atom. The number of morpholine rings is 1. The first-order chi connectivity index (χ1) is 13.2. The molecule has 0 bridgehead atoms. The molecule has 0 amide bonds. The van der Waals surface area contributed by atoms with Crippen LogP contribution in [0.3, 0.4) is 0 Å². The van der Waals surface area contributed by atoms with Crippen LogP contribution in [0.25, 0.3) is 0 Å². The monoisotopic (exact) mass is 430 g/mol. The number of hydrogen-bond acceptors (Lipinski definition) is 6. The zero-order valence-electron chi connectivity index (χ0n) is 15.0. The molecule has 1 heterocycles. The predicted molar refractivity (Wildman–Crippen MR) is 99.8 cm³/mol. The van der Waals surface area contributed by atoms with Gasteiger partial charge in [-0.15, -0.1) is 0 Å². The maximum atomic E-state index is 13.0. The first kappa shape index (κ1) is 20.5. The SMILES string of the molecule is COc1ccc(NS(=O)(=O)c2ccc(F)cc2)cc1S(=O)(=O)N1CCOCC1. The summed E-state index contributed by atoms with van der Waals surface area (Å²) in [6.07, 6.45) is 0. The minimum absolute atomic E-state index is 0.0389. The lowest BCUT2D eigenvalue weighted by atomic mass is 10.3. The smallest absolute Gasteiger partial charge is 0.261 e. The van der Waals surface area contributed by atoms with E-state index in [1.807, 2.05) is 0 Å². The highest BCUT2D eigenvalue weighted by Gasteiger charge is 2.30. The number of hydrogen-bond donors (Lipinski definition) is 1. The fraction of sp³-hybridized carbons (Fsp3) is 0.294. The first-order valence-electron chi connectivity index (χ1n) is 8.28. The van der Waals surface area contributed by atoms with Crippen molar-refractivity contribution in [3.63, 3.8) is 0 Å². The number of ether oxygens (including phenoxy) is 2. The molecule has 0 atom stereocenters. The minimum atomic E-state index is -4.02. The van der Waals surface area contributed by atoms with E-state index in [-0.39, 0.29) is 47.5 Å². The highest BCUT2D eigenvalue weighted by molar-refractivity contribution is 7.92. The Hall–Kier alpha value is -2.21. The molecule has 1 aliphatic rings. The quantitative estimate of drug-likeness (QED) is 0.748. The van der Waals surface area contributed by atoms with E-state index in [0.29, 0.717) is 0 Å². The molecule has 0 saturated carbocycles. The van der Waals surface area contributed by atoms with Gasteiger partial charge < -0.3 is 9.47 Å². The van der Waals surface area contributed by atoms with Gasteiger partial charge in [0.15, 0.2) is 0 Å². The molecule has 8 nitrogen and oxygen atoms in total. The van der Waals surface area contributed by atoms with Crippen LogP contribution in [0, 0.1) is 5.82 Å². The fourth-order valence-corrected chi connectivity index (χ4v) is 5.33. The summed E-state index contributed by atoms with van der Waals surface area (Å²) in [7, 11) is -6.60. The van der Waals surface area contributed by atoms with Crippen LogP contribution in [0.2, 0.25) is 0 Å². The Labute approximate surface area is 163 Å². The van der Waals surface area contributed by atoms with Crippen LogP contribution in [0.5, 0.6) is 5.75 Å². The van der Waals surface area contributed by atoms with Gasteiger partial charge in [0.1, 0.15) is 16.5 Å². The molecule has 3 rings (SSSR count). The van der Waals surface area contributed by atoms with Crippen LogP contribution >= 0.6 is 0 Å². The van der Waals surface area contributed by atoms with E-state index in [2.05, 4.69) is 4.72 Å². The summed E-state index contributed by atoms with van der Waals surface area (Å²) >= 11 is 0. The summed E-state index contributed by atoms with van der Waals surface area (Å²) in [6.45, 7) is 0.935. The van der Waals surface area contributed by atoms with Crippen molar-refractivity contribution in [1.29, 1.82) is 0 Å². The van der Waals surface area contributed by atoms with Gasteiger partial charge in [-0.3, -0.25) is 4.72 Å². The van der Waals surface area contributed by atoms with E-state index in [0.717, 1.165) is 24.3 Å². The zero-order chi connectivity index (χ0) is 20.4. The first-order valence-corrected chi connectivity index (χ1v) is 11.2. The highest BCUT2D eigenvalue weighted by Crippen LogP contribution is 2.31. The second-order valence-corrected chi connectivity index (χ2v) is 9.53. The van der Waals surface area contributed by atoms with Gasteiger partial charge in [-0.25, -0.2) is 21.2 Å². The second-order valence-electron chi connectivity index (χ2n) is 5.94. The van der Waals surface area contributed by atoms with Crippen molar-refractivity contribution < 1.29 is 30.7 Å². The van der Waals surface area contributed by atoms with Gasteiger partial charge >= 0.3 is 0 Å². The number of benzene rings is 2. The van der Waals surface area contributed by atoms with Crippen molar-refractivity contribution in [1.82, 2.24) is 4.31 Å². The van der Waals surface area contributed by atoms with E-state index < -0.39 is 25.9 Å². The molecule has 2 aromatic carbocycles. The molecule has 0 aliphatic carbocycles. The van der Waals surface area contributed by atoms with Crippen LogP contribution in [0.15, 0.2) is 52.3 Å². The predicted octanol–water partition coefficient (Wildman–Crippen LogP) is 1.66. The Balaban J connectivity index is 1.95. The molecular weight excluding hydrogens is 411 g/mol. The Kier molecular flexibility index (Phi) is 5.89. The van der Waals surface area contributed by atoms with Gasteiger partial charge in [0, 0.05) is 13.1 Å². The summed E-state index contributed by atoms with van der Waals surface area (Å²) in [6, 6.07) is 8.24. The third-order valence-corrected chi connectivity index (χ3v) is 7.44. The lowest BCUT2D eigenvalue weighted by Crippen LogP contribution is -2.40.